The third kappa shape index (κ3) is 8.12. The van der Waals surface area contributed by atoms with Crippen molar-refractivity contribution in [3.63, 3.8) is 0 Å². The fourth-order valence-electron chi connectivity index (χ4n) is 3.50. The van der Waals surface area contributed by atoms with Crippen LogP contribution in [0.3, 0.4) is 0 Å². The van der Waals surface area contributed by atoms with Crippen molar-refractivity contribution < 1.29 is 27.5 Å². The van der Waals surface area contributed by atoms with E-state index in [-0.39, 0.29) is 18.1 Å². The first kappa shape index (κ1) is 29.4. The Morgan fingerprint density at radius 2 is 1.69 bits per heavy atom. The molecule has 0 aromatic heterocycles. The molecule has 0 aliphatic heterocycles. The number of carbonyl (C=O) groups is 2. The molecule has 2 amide bonds. The van der Waals surface area contributed by atoms with Crippen molar-refractivity contribution in [3.8, 4) is 11.5 Å². The van der Waals surface area contributed by atoms with Gasteiger partial charge in [-0.25, -0.2) is 8.42 Å². The molecule has 0 aliphatic carbocycles. The number of halogens is 1. The Morgan fingerprint density at radius 3 is 2.25 bits per heavy atom. The molecule has 36 heavy (non-hydrogen) atoms. The minimum atomic E-state index is -3.85. The average Bonchev–Trinajstić information content (AvgIpc) is 2.85. The van der Waals surface area contributed by atoms with Gasteiger partial charge in [0.2, 0.25) is 21.8 Å². The highest BCUT2D eigenvalue weighted by Crippen LogP contribution is 2.32. The Bertz CT molecular complexity index is 1140. The number of carbonyl (C=O) groups excluding carboxylic acids is 2. The van der Waals surface area contributed by atoms with Crippen LogP contribution in [0.2, 0.25) is 0 Å². The number of benzene rings is 2. The topological polar surface area (TPSA) is 105 Å². The summed E-state index contributed by atoms with van der Waals surface area (Å²) in [7, 11) is -0.935. The maximum atomic E-state index is 13.6. The molecule has 0 saturated heterocycles. The molecule has 0 heterocycles. The van der Waals surface area contributed by atoms with Crippen molar-refractivity contribution in [1.29, 1.82) is 0 Å². The molecule has 0 spiro atoms. The summed E-state index contributed by atoms with van der Waals surface area (Å²) in [6, 6.07) is 11.2. The van der Waals surface area contributed by atoms with Gasteiger partial charge in [-0.2, -0.15) is 0 Å². The molecule has 0 bridgehead atoms. The predicted molar refractivity (Wildman–Crippen MR) is 144 cm³/mol. The largest absolute Gasteiger partial charge is 0.493 e. The Hall–Kier alpha value is -2.79. The molecule has 1 atom stereocenters. The van der Waals surface area contributed by atoms with Crippen LogP contribution in [0, 0.1) is 0 Å². The lowest BCUT2D eigenvalue weighted by Gasteiger charge is -2.31. The second-order valence-electron chi connectivity index (χ2n) is 8.28. The minimum absolute atomic E-state index is 0.137. The van der Waals surface area contributed by atoms with Crippen LogP contribution in [-0.4, -0.2) is 64.7 Å². The van der Waals surface area contributed by atoms with Crippen molar-refractivity contribution in [3.05, 3.63) is 52.5 Å². The van der Waals surface area contributed by atoms with Gasteiger partial charge in [-0.3, -0.25) is 13.9 Å². The Morgan fingerprint density at radius 1 is 1.06 bits per heavy atom. The summed E-state index contributed by atoms with van der Waals surface area (Å²) < 4.78 is 37.8. The first-order chi connectivity index (χ1) is 17.0. The smallest absolute Gasteiger partial charge is 0.244 e. The molecule has 198 valence electrons. The number of hydrogen-bond acceptors (Lipinski definition) is 6. The van der Waals surface area contributed by atoms with E-state index >= 15 is 0 Å². The molecular formula is C25H34BrN3O6S. The van der Waals surface area contributed by atoms with E-state index in [4.69, 9.17) is 9.47 Å². The average molecular weight is 585 g/mol. The van der Waals surface area contributed by atoms with Gasteiger partial charge in [0, 0.05) is 23.6 Å². The van der Waals surface area contributed by atoms with Crippen LogP contribution in [0.4, 0.5) is 5.69 Å². The Balaban J connectivity index is 2.39. The number of sulfonamides is 1. The number of unbranched alkanes of at least 4 members (excludes halogenated alkanes) is 1. The monoisotopic (exact) mass is 583 g/mol. The fraction of sp³-hybridized carbons (Fsp3) is 0.440. The number of ether oxygens (including phenoxy) is 2. The summed E-state index contributed by atoms with van der Waals surface area (Å²) in [5, 5.41) is 2.85. The zero-order valence-corrected chi connectivity index (χ0v) is 23.7. The van der Waals surface area contributed by atoms with Gasteiger partial charge >= 0.3 is 0 Å². The molecule has 0 saturated carbocycles. The van der Waals surface area contributed by atoms with Crippen LogP contribution >= 0.6 is 15.9 Å². The summed E-state index contributed by atoms with van der Waals surface area (Å²) >= 11 is 3.39. The molecule has 0 radical (unpaired) electrons. The molecule has 2 rings (SSSR count). The fourth-order valence-corrected chi connectivity index (χ4v) is 4.60. The number of hydrogen-bond donors (Lipinski definition) is 1. The SMILES string of the molecule is CCCCNC(=O)C(C)N(Cc1ccc(Br)cc1)C(=O)CN(c1ccc(OC)c(OC)c1)S(C)(=O)=O. The van der Waals surface area contributed by atoms with Gasteiger partial charge in [0.05, 0.1) is 26.2 Å². The predicted octanol–water partition coefficient (Wildman–Crippen LogP) is 3.57. The molecule has 1 N–H and O–H groups in total. The van der Waals surface area contributed by atoms with E-state index in [0.29, 0.717) is 18.0 Å². The van der Waals surface area contributed by atoms with E-state index in [1.54, 1.807) is 13.0 Å². The van der Waals surface area contributed by atoms with Crippen LogP contribution < -0.4 is 19.1 Å². The van der Waals surface area contributed by atoms with Crippen molar-refractivity contribution in [2.24, 2.45) is 0 Å². The zero-order valence-electron chi connectivity index (χ0n) is 21.3. The standard InChI is InChI=1S/C25H34BrN3O6S/c1-6-7-14-27-25(31)18(2)28(16-19-8-10-20(26)11-9-19)24(30)17-29(36(5,32)33)21-12-13-22(34-3)23(15-21)35-4/h8-13,15,18H,6-7,14,16-17H2,1-5H3,(H,27,31). The van der Waals surface area contributed by atoms with Crippen LogP contribution in [0.15, 0.2) is 46.9 Å². The lowest BCUT2D eigenvalue weighted by atomic mass is 10.1. The highest BCUT2D eigenvalue weighted by Gasteiger charge is 2.30. The number of nitrogens with zero attached hydrogens (tertiary/aromatic N) is 2. The van der Waals surface area contributed by atoms with Gasteiger partial charge in [-0.1, -0.05) is 41.4 Å². The van der Waals surface area contributed by atoms with Crippen LogP contribution in [-0.2, 0) is 26.2 Å². The first-order valence-electron chi connectivity index (χ1n) is 11.5. The van der Waals surface area contributed by atoms with E-state index in [1.807, 2.05) is 31.2 Å². The third-order valence-electron chi connectivity index (χ3n) is 5.60. The Labute approximate surface area is 221 Å². The quantitative estimate of drug-likeness (QED) is 0.361. The van der Waals surface area contributed by atoms with Crippen molar-refractivity contribution >= 4 is 43.5 Å². The normalized spacial score (nSPS) is 11.9. The van der Waals surface area contributed by atoms with E-state index in [2.05, 4.69) is 21.2 Å². The lowest BCUT2D eigenvalue weighted by molar-refractivity contribution is -0.139. The molecule has 9 nitrogen and oxygen atoms in total. The number of methoxy groups -OCH3 is 2. The summed E-state index contributed by atoms with van der Waals surface area (Å²) in [6.45, 7) is 3.81. The lowest BCUT2D eigenvalue weighted by Crippen LogP contribution is -2.51. The zero-order chi connectivity index (χ0) is 26.9. The first-order valence-corrected chi connectivity index (χ1v) is 14.2. The van der Waals surface area contributed by atoms with E-state index < -0.39 is 28.5 Å². The summed E-state index contributed by atoms with van der Waals surface area (Å²) in [6.07, 6.45) is 2.77. The van der Waals surface area contributed by atoms with Gasteiger partial charge < -0.3 is 19.7 Å². The van der Waals surface area contributed by atoms with Crippen LogP contribution in [0.25, 0.3) is 0 Å². The summed E-state index contributed by atoms with van der Waals surface area (Å²) in [5.74, 6) is -0.0658. The van der Waals surface area contributed by atoms with Gasteiger partial charge in [0.25, 0.3) is 0 Å². The second-order valence-corrected chi connectivity index (χ2v) is 11.1. The molecular weight excluding hydrogens is 550 g/mol. The highest BCUT2D eigenvalue weighted by molar-refractivity contribution is 9.10. The summed E-state index contributed by atoms with van der Waals surface area (Å²) in [4.78, 5) is 27.8. The number of amides is 2. The van der Waals surface area contributed by atoms with Crippen molar-refractivity contribution in [1.82, 2.24) is 10.2 Å². The third-order valence-corrected chi connectivity index (χ3v) is 7.27. The van der Waals surface area contributed by atoms with E-state index in [0.717, 1.165) is 33.4 Å². The number of nitrogens with one attached hydrogen (secondary N) is 1. The van der Waals surface area contributed by atoms with E-state index in [9.17, 15) is 18.0 Å². The molecule has 2 aromatic carbocycles. The number of anilines is 1. The van der Waals surface area contributed by atoms with Crippen LogP contribution in [0.1, 0.15) is 32.3 Å². The Kier molecular flexibility index (Phi) is 11.0. The van der Waals surface area contributed by atoms with Gasteiger partial charge in [0.1, 0.15) is 12.6 Å². The van der Waals surface area contributed by atoms with Crippen LogP contribution in [0.5, 0.6) is 11.5 Å². The van der Waals surface area contributed by atoms with E-state index in [1.165, 1.54) is 31.3 Å². The highest BCUT2D eigenvalue weighted by atomic mass is 79.9. The molecule has 2 aromatic rings. The second kappa shape index (κ2) is 13.5. The maximum absolute atomic E-state index is 13.6. The molecule has 0 aliphatic rings. The minimum Gasteiger partial charge on any atom is -0.493 e. The molecule has 1 unspecified atom stereocenters. The van der Waals surface area contributed by atoms with Crippen molar-refractivity contribution in [2.75, 3.05) is 37.9 Å². The molecule has 0 fully saturated rings. The van der Waals surface area contributed by atoms with Gasteiger partial charge in [-0.15, -0.1) is 0 Å². The van der Waals surface area contributed by atoms with Crippen molar-refractivity contribution in [2.45, 2.75) is 39.3 Å². The summed E-state index contributed by atoms with van der Waals surface area (Å²) in [5.41, 5.74) is 1.05. The molecule has 11 heteroatoms. The maximum Gasteiger partial charge on any atom is 0.244 e. The van der Waals surface area contributed by atoms with Gasteiger partial charge in [-0.05, 0) is 43.2 Å². The number of rotatable bonds is 13. The van der Waals surface area contributed by atoms with Gasteiger partial charge in [0.15, 0.2) is 11.5 Å².